The van der Waals surface area contributed by atoms with Crippen LogP contribution in [0.15, 0.2) is 24.3 Å². The second-order valence-electron chi connectivity index (χ2n) is 4.32. The third-order valence-corrected chi connectivity index (χ3v) is 4.12. The number of nitrogens with one attached hydrogen (secondary N) is 1. The molecule has 1 aromatic heterocycles. The maximum absolute atomic E-state index is 3.39. The molecule has 3 rings (SSSR count). The Morgan fingerprint density at radius 3 is 2.81 bits per heavy atom. The van der Waals surface area contributed by atoms with Crippen molar-refractivity contribution in [1.82, 2.24) is 5.32 Å². The number of anilines is 1. The van der Waals surface area contributed by atoms with Gasteiger partial charge in [0.25, 0.3) is 0 Å². The van der Waals surface area contributed by atoms with E-state index < -0.39 is 0 Å². The van der Waals surface area contributed by atoms with Gasteiger partial charge in [0.15, 0.2) is 0 Å². The minimum Gasteiger partial charge on any atom is -0.369 e. The molecule has 0 spiro atoms. The third-order valence-electron chi connectivity index (χ3n) is 3.11. The first kappa shape index (κ1) is 10.1. The topological polar surface area (TPSA) is 15.3 Å². The number of nitrogens with zero attached hydrogens (tertiary/aromatic N) is 1. The molecule has 2 heterocycles. The largest absolute Gasteiger partial charge is 0.369 e. The van der Waals surface area contributed by atoms with Gasteiger partial charge in [-0.2, -0.15) is 0 Å². The molecule has 0 saturated carbocycles. The molecule has 0 atom stereocenters. The van der Waals surface area contributed by atoms with Crippen LogP contribution in [0.4, 0.5) is 5.69 Å². The molecule has 1 aliphatic rings. The van der Waals surface area contributed by atoms with Gasteiger partial charge in [0.05, 0.1) is 0 Å². The fourth-order valence-corrected chi connectivity index (χ4v) is 3.23. The van der Waals surface area contributed by atoms with Gasteiger partial charge >= 0.3 is 0 Å². The van der Waals surface area contributed by atoms with Gasteiger partial charge in [-0.25, -0.2) is 0 Å². The number of benzene rings is 1. The summed E-state index contributed by atoms with van der Waals surface area (Å²) in [4.78, 5) is 3.86. The van der Waals surface area contributed by atoms with Crippen LogP contribution in [0.1, 0.15) is 4.88 Å². The first-order valence-corrected chi connectivity index (χ1v) is 6.60. The summed E-state index contributed by atoms with van der Waals surface area (Å²) in [5, 5.41) is 4.76. The monoisotopic (exact) mass is 232 g/mol. The van der Waals surface area contributed by atoms with Crippen molar-refractivity contribution < 1.29 is 0 Å². The fraction of sp³-hybridized carbons (Fsp3) is 0.385. The zero-order valence-electron chi connectivity index (χ0n) is 9.49. The predicted molar refractivity (Wildman–Crippen MR) is 71.6 cm³/mol. The molecule has 1 fully saturated rings. The van der Waals surface area contributed by atoms with E-state index in [2.05, 4.69) is 41.4 Å². The predicted octanol–water partition coefficient (Wildman–Crippen LogP) is 2.62. The maximum Gasteiger partial charge on any atom is 0.0381 e. The van der Waals surface area contributed by atoms with E-state index in [9.17, 15) is 0 Å². The Balaban J connectivity index is 1.97. The molecule has 2 aromatic rings. The lowest BCUT2D eigenvalue weighted by molar-refractivity contribution is 0.589. The molecule has 2 nitrogen and oxygen atoms in total. The average molecular weight is 232 g/mol. The SMILES string of the molecule is Cc1cc2ccc(N3CCNCC3)cc2s1. The third kappa shape index (κ3) is 1.81. The van der Waals surface area contributed by atoms with Gasteiger partial charge in [-0.05, 0) is 30.5 Å². The van der Waals surface area contributed by atoms with Gasteiger partial charge < -0.3 is 10.2 Å². The second kappa shape index (κ2) is 4.07. The number of hydrogen-bond acceptors (Lipinski definition) is 3. The molecule has 1 aromatic carbocycles. The van der Waals surface area contributed by atoms with Crippen molar-refractivity contribution in [2.45, 2.75) is 6.92 Å². The lowest BCUT2D eigenvalue weighted by atomic mass is 10.2. The van der Waals surface area contributed by atoms with Gasteiger partial charge in [0.2, 0.25) is 0 Å². The van der Waals surface area contributed by atoms with Crippen LogP contribution in [-0.2, 0) is 0 Å². The van der Waals surface area contributed by atoms with Crippen molar-refractivity contribution in [2.24, 2.45) is 0 Å². The molecule has 3 heteroatoms. The summed E-state index contributed by atoms with van der Waals surface area (Å²) in [6, 6.07) is 9.09. The van der Waals surface area contributed by atoms with Crippen LogP contribution in [0.2, 0.25) is 0 Å². The highest BCUT2D eigenvalue weighted by atomic mass is 32.1. The molecular formula is C13H16N2S. The van der Waals surface area contributed by atoms with Crippen molar-refractivity contribution in [1.29, 1.82) is 0 Å². The number of aryl methyl sites for hydroxylation is 1. The molecule has 16 heavy (non-hydrogen) atoms. The van der Waals surface area contributed by atoms with Crippen LogP contribution in [0.5, 0.6) is 0 Å². The number of thiophene rings is 1. The first-order chi connectivity index (χ1) is 7.83. The van der Waals surface area contributed by atoms with Gasteiger partial charge in [0, 0.05) is 41.4 Å². The highest BCUT2D eigenvalue weighted by Gasteiger charge is 2.10. The van der Waals surface area contributed by atoms with Crippen LogP contribution in [0, 0.1) is 6.92 Å². The lowest BCUT2D eigenvalue weighted by Crippen LogP contribution is -2.43. The summed E-state index contributed by atoms with van der Waals surface area (Å²) in [6.45, 7) is 6.61. The van der Waals surface area contributed by atoms with Gasteiger partial charge in [-0.3, -0.25) is 0 Å². The van der Waals surface area contributed by atoms with Crippen LogP contribution in [0.3, 0.4) is 0 Å². The summed E-state index contributed by atoms with van der Waals surface area (Å²) in [5.41, 5.74) is 1.37. The van der Waals surface area contributed by atoms with Crippen molar-refractivity contribution >= 4 is 27.1 Å². The number of rotatable bonds is 1. The number of fused-ring (bicyclic) bond motifs is 1. The van der Waals surface area contributed by atoms with E-state index in [-0.39, 0.29) is 0 Å². The Morgan fingerprint density at radius 2 is 2.00 bits per heavy atom. The molecule has 0 aliphatic carbocycles. The van der Waals surface area contributed by atoms with Gasteiger partial charge in [-0.15, -0.1) is 11.3 Å². The van der Waals surface area contributed by atoms with Crippen LogP contribution in [0.25, 0.3) is 10.1 Å². The minimum absolute atomic E-state index is 1.10. The highest BCUT2D eigenvalue weighted by Crippen LogP contribution is 2.29. The lowest BCUT2D eigenvalue weighted by Gasteiger charge is -2.29. The Bertz CT molecular complexity index is 498. The van der Waals surface area contributed by atoms with E-state index in [1.54, 1.807) is 0 Å². The summed E-state index contributed by atoms with van der Waals surface area (Å²) < 4.78 is 1.41. The number of hydrogen-bond donors (Lipinski definition) is 1. The van der Waals surface area contributed by atoms with E-state index in [1.807, 2.05) is 11.3 Å². The van der Waals surface area contributed by atoms with E-state index >= 15 is 0 Å². The van der Waals surface area contributed by atoms with Crippen molar-refractivity contribution in [2.75, 3.05) is 31.1 Å². The summed E-state index contributed by atoms with van der Waals surface area (Å²) in [6.07, 6.45) is 0. The van der Waals surface area contributed by atoms with Gasteiger partial charge in [-0.1, -0.05) is 6.07 Å². The Morgan fingerprint density at radius 1 is 1.19 bits per heavy atom. The zero-order valence-corrected chi connectivity index (χ0v) is 10.3. The van der Waals surface area contributed by atoms with E-state index in [4.69, 9.17) is 0 Å². The van der Waals surface area contributed by atoms with E-state index in [1.165, 1.54) is 20.7 Å². The molecule has 1 aliphatic heterocycles. The molecule has 0 amide bonds. The van der Waals surface area contributed by atoms with Crippen molar-refractivity contribution in [3.05, 3.63) is 29.1 Å². The Kier molecular flexibility index (Phi) is 2.58. The first-order valence-electron chi connectivity index (χ1n) is 5.79. The fourth-order valence-electron chi connectivity index (χ4n) is 2.27. The van der Waals surface area contributed by atoms with E-state index in [0.29, 0.717) is 0 Å². The summed E-state index contributed by atoms with van der Waals surface area (Å²) in [7, 11) is 0. The summed E-state index contributed by atoms with van der Waals surface area (Å²) >= 11 is 1.89. The molecular weight excluding hydrogens is 216 g/mol. The maximum atomic E-state index is 3.39. The van der Waals surface area contributed by atoms with Crippen LogP contribution < -0.4 is 10.2 Å². The molecule has 0 bridgehead atoms. The van der Waals surface area contributed by atoms with Crippen LogP contribution in [-0.4, -0.2) is 26.2 Å². The smallest absolute Gasteiger partial charge is 0.0381 e. The highest BCUT2D eigenvalue weighted by molar-refractivity contribution is 7.19. The Hall–Kier alpha value is -1.06. The minimum atomic E-state index is 1.10. The second-order valence-corrected chi connectivity index (χ2v) is 5.60. The molecule has 1 N–H and O–H groups in total. The van der Waals surface area contributed by atoms with Crippen molar-refractivity contribution in [3.8, 4) is 0 Å². The average Bonchev–Trinajstić information content (AvgIpc) is 2.69. The standard InChI is InChI=1S/C13H16N2S/c1-10-8-11-2-3-12(9-13(11)16-10)15-6-4-14-5-7-15/h2-3,8-9,14H,4-7H2,1H3. The van der Waals surface area contributed by atoms with Gasteiger partial charge in [0.1, 0.15) is 0 Å². The normalized spacial score (nSPS) is 16.9. The summed E-state index contributed by atoms with van der Waals surface area (Å²) in [5.74, 6) is 0. The van der Waals surface area contributed by atoms with Crippen LogP contribution >= 0.6 is 11.3 Å². The molecule has 0 unspecified atom stereocenters. The number of piperazine rings is 1. The van der Waals surface area contributed by atoms with Crippen molar-refractivity contribution in [3.63, 3.8) is 0 Å². The molecule has 0 radical (unpaired) electrons. The molecule has 84 valence electrons. The Labute approximate surface area is 99.9 Å². The quantitative estimate of drug-likeness (QED) is 0.813. The zero-order chi connectivity index (χ0) is 11.0. The molecule has 1 saturated heterocycles. The van der Waals surface area contributed by atoms with E-state index in [0.717, 1.165) is 26.2 Å².